The number of fused-ring (bicyclic) bond motifs is 1. The number of hydrogen-bond acceptors (Lipinski definition) is 3. The highest BCUT2D eigenvalue weighted by Crippen LogP contribution is 2.32. The minimum absolute atomic E-state index is 0.214. The first-order valence-electron chi connectivity index (χ1n) is 5.05. The van der Waals surface area contributed by atoms with E-state index in [1.807, 2.05) is 11.3 Å². The maximum atomic E-state index is 6.00. The van der Waals surface area contributed by atoms with Crippen LogP contribution in [0.3, 0.4) is 0 Å². The van der Waals surface area contributed by atoms with Crippen molar-refractivity contribution in [1.82, 2.24) is 4.98 Å². The second-order valence-electron chi connectivity index (χ2n) is 3.66. The van der Waals surface area contributed by atoms with Crippen LogP contribution in [-0.4, -0.2) is 4.98 Å². The fourth-order valence-electron chi connectivity index (χ4n) is 1.82. The van der Waals surface area contributed by atoms with Gasteiger partial charge < -0.3 is 5.73 Å². The predicted octanol–water partition coefficient (Wildman–Crippen LogP) is 2.43. The van der Waals surface area contributed by atoms with Gasteiger partial charge in [-0.15, -0.1) is 11.3 Å². The monoisotopic (exact) mass is 196 g/mol. The molecule has 1 aliphatic rings. The zero-order chi connectivity index (χ0) is 9.26. The second kappa shape index (κ2) is 3.76. The first kappa shape index (κ1) is 9.16. The molecule has 3 heteroatoms. The van der Waals surface area contributed by atoms with E-state index in [-0.39, 0.29) is 6.04 Å². The van der Waals surface area contributed by atoms with E-state index in [2.05, 4.69) is 11.9 Å². The van der Waals surface area contributed by atoms with Crippen LogP contribution in [0.2, 0.25) is 0 Å². The summed E-state index contributed by atoms with van der Waals surface area (Å²) in [5, 5.41) is 1.28. The Bertz CT molecular complexity index is 293. The van der Waals surface area contributed by atoms with Crippen molar-refractivity contribution in [2.75, 3.05) is 0 Å². The molecule has 0 bridgehead atoms. The maximum absolute atomic E-state index is 6.00. The smallest absolute Gasteiger partial charge is 0.0931 e. The molecule has 2 nitrogen and oxygen atoms in total. The Morgan fingerprint density at radius 1 is 1.62 bits per heavy atom. The summed E-state index contributed by atoms with van der Waals surface area (Å²) in [6.45, 7) is 2.19. The zero-order valence-electron chi connectivity index (χ0n) is 8.05. The van der Waals surface area contributed by atoms with Gasteiger partial charge >= 0.3 is 0 Å². The largest absolute Gasteiger partial charge is 0.323 e. The van der Waals surface area contributed by atoms with Gasteiger partial charge in [0.1, 0.15) is 0 Å². The van der Waals surface area contributed by atoms with Crippen molar-refractivity contribution in [3.8, 4) is 0 Å². The molecule has 1 unspecified atom stereocenters. The summed E-state index contributed by atoms with van der Waals surface area (Å²) in [6.07, 6.45) is 5.85. The van der Waals surface area contributed by atoms with E-state index < -0.39 is 0 Å². The highest BCUT2D eigenvalue weighted by atomic mass is 32.1. The summed E-state index contributed by atoms with van der Waals surface area (Å²) in [4.78, 5) is 6.06. The van der Waals surface area contributed by atoms with Gasteiger partial charge in [0.25, 0.3) is 0 Å². The molecule has 1 atom stereocenters. The van der Waals surface area contributed by atoms with Crippen LogP contribution in [0.1, 0.15) is 47.8 Å². The van der Waals surface area contributed by atoms with Gasteiger partial charge in [-0.2, -0.15) is 0 Å². The molecule has 1 aliphatic carbocycles. The SMILES string of the molecule is CCCc1nc2c(s1)CCCC2N. The Balaban J connectivity index is 2.25. The molecule has 0 fully saturated rings. The van der Waals surface area contributed by atoms with E-state index in [0.29, 0.717) is 0 Å². The molecule has 0 spiro atoms. The number of hydrogen-bond donors (Lipinski definition) is 1. The van der Waals surface area contributed by atoms with Gasteiger partial charge in [-0.3, -0.25) is 0 Å². The highest BCUT2D eigenvalue weighted by molar-refractivity contribution is 7.11. The van der Waals surface area contributed by atoms with Crippen molar-refractivity contribution in [3.05, 3.63) is 15.6 Å². The number of nitrogens with two attached hydrogens (primary N) is 1. The van der Waals surface area contributed by atoms with Gasteiger partial charge in [0.05, 0.1) is 10.7 Å². The van der Waals surface area contributed by atoms with Crippen molar-refractivity contribution >= 4 is 11.3 Å². The Morgan fingerprint density at radius 3 is 3.15 bits per heavy atom. The van der Waals surface area contributed by atoms with Crippen molar-refractivity contribution in [1.29, 1.82) is 0 Å². The number of aromatic nitrogens is 1. The van der Waals surface area contributed by atoms with Crippen LogP contribution in [0.25, 0.3) is 0 Å². The van der Waals surface area contributed by atoms with E-state index in [1.165, 1.54) is 34.8 Å². The number of rotatable bonds is 2. The average molecular weight is 196 g/mol. The lowest BCUT2D eigenvalue weighted by Crippen LogP contribution is -2.16. The van der Waals surface area contributed by atoms with Gasteiger partial charge in [0.15, 0.2) is 0 Å². The molecule has 0 aliphatic heterocycles. The van der Waals surface area contributed by atoms with Crippen LogP contribution in [0.4, 0.5) is 0 Å². The van der Waals surface area contributed by atoms with Crippen LogP contribution in [-0.2, 0) is 12.8 Å². The van der Waals surface area contributed by atoms with E-state index >= 15 is 0 Å². The standard InChI is InChI=1S/C10H16N2S/c1-2-4-9-12-10-7(11)5-3-6-8(10)13-9/h7H,2-6,11H2,1H3. The molecule has 0 saturated carbocycles. The van der Waals surface area contributed by atoms with Crippen LogP contribution in [0.5, 0.6) is 0 Å². The molecule has 72 valence electrons. The van der Waals surface area contributed by atoms with Crippen LogP contribution in [0.15, 0.2) is 0 Å². The molecule has 0 saturated heterocycles. The maximum Gasteiger partial charge on any atom is 0.0931 e. The quantitative estimate of drug-likeness (QED) is 0.789. The van der Waals surface area contributed by atoms with Crippen molar-refractivity contribution < 1.29 is 0 Å². The molecule has 1 aromatic rings. The first-order valence-corrected chi connectivity index (χ1v) is 5.87. The molecule has 1 aromatic heterocycles. The molecule has 2 rings (SSSR count). The lowest BCUT2D eigenvalue weighted by molar-refractivity contribution is 0.562. The van der Waals surface area contributed by atoms with Gasteiger partial charge in [0.2, 0.25) is 0 Å². The van der Waals surface area contributed by atoms with Gasteiger partial charge in [-0.05, 0) is 32.1 Å². The summed E-state index contributed by atoms with van der Waals surface area (Å²) in [5.41, 5.74) is 7.19. The van der Waals surface area contributed by atoms with Gasteiger partial charge in [-0.25, -0.2) is 4.98 Å². The fourth-order valence-corrected chi connectivity index (χ4v) is 3.11. The summed E-state index contributed by atoms with van der Waals surface area (Å²) in [6, 6.07) is 0.214. The Hall–Kier alpha value is -0.410. The molecule has 0 amide bonds. The van der Waals surface area contributed by atoms with Crippen molar-refractivity contribution in [2.45, 2.75) is 45.1 Å². The number of aryl methyl sites for hydroxylation is 2. The van der Waals surface area contributed by atoms with E-state index in [1.54, 1.807) is 0 Å². The predicted molar refractivity (Wildman–Crippen MR) is 56.0 cm³/mol. The minimum atomic E-state index is 0.214. The van der Waals surface area contributed by atoms with E-state index in [0.717, 1.165) is 12.8 Å². The third kappa shape index (κ3) is 1.76. The topological polar surface area (TPSA) is 38.9 Å². The molecule has 0 radical (unpaired) electrons. The molecule has 0 aromatic carbocycles. The fraction of sp³-hybridized carbons (Fsp3) is 0.700. The molecule has 2 N–H and O–H groups in total. The molecule has 1 heterocycles. The third-order valence-corrected chi connectivity index (χ3v) is 3.70. The first-order chi connectivity index (χ1) is 6.31. The summed E-state index contributed by atoms with van der Waals surface area (Å²) < 4.78 is 0. The Morgan fingerprint density at radius 2 is 2.46 bits per heavy atom. The average Bonchev–Trinajstić information content (AvgIpc) is 2.49. The summed E-state index contributed by atoms with van der Waals surface area (Å²) in [5.74, 6) is 0. The minimum Gasteiger partial charge on any atom is -0.323 e. The van der Waals surface area contributed by atoms with Crippen molar-refractivity contribution in [2.24, 2.45) is 5.73 Å². The highest BCUT2D eigenvalue weighted by Gasteiger charge is 2.21. The van der Waals surface area contributed by atoms with Crippen LogP contribution in [0, 0.1) is 0 Å². The van der Waals surface area contributed by atoms with Crippen molar-refractivity contribution in [3.63, 3.8) is 0 Å². The lowest BCUT2D eigenvalue weighted by atomic mass is 9.99. The lowest BCUT2D eigenvalue weighted by Gasteiger charge is -2.15. The van der Waals surface area contributed by atoms with E-state index in [9.17, 15) is 0 Å². The van der Waals surface area contributed by atoms with Crippen LogP contribution < -0.4 is 5.73 Å². The number of thiazole rings is 1. The molecular formula is C10H16N2S. The molecule has 13 heavy (non-hydrogen) atoms. The molecular weight excluding hydrogens is 180 g/mol. The van der Waals surface area contributed by atoms with Crippen LogP contribution >= 0.6 is 11.3 Å². The summed E-state index contributed by atoms with van der Waals surface area (Å²) in [7, 11) is 0. The van der Waals surface area contributed by atoms with Gasteiger partial charge in [-0.1, -0.05) is 6.92 Å². The normalized spacial score (nSPS) is 21.5. The van der Waals surface area contributed by atoms with Gasteiger partial charge in [0, 0.05) is 10.9 Å². The van der Waals surface area contributed by atoms with E-state index in [4.69, 9.17) is 5.73 Å². The Labute approximate surface area is 83.2 Å². The Kier molecular flexibility index (Phi) is 2.65. The summed E-state index contributed by atoms with van der Waals surface area (Å²) >= 11 is 1.87. The second-order valence-corrected chi connectivity index (χ2v) is 4.83. The zero-order valence-corrected chi connectivity index (χ0v) is 8.86. The third-order valence-electron chi connectivity index (χ3n) is 2.51. The number of nitrogens with zero attached hydrogens (tertiary/aromatic N) is 1.